The van der Waals surface area contributed by atoms with Gasteiger partial charge >= 0.3 is 0 Å². The van der Waals surface area contributed by atoms with E-state index < -0.39 is 0 Å². The number of methoxy groups -OCH3 is 1. The molecule has 0 aliphatic carbocycles. The Morgan fingerprint density at radius 3 is 2.42 bits per heavy atom. The third kappa shape index (κ3) is 2.69. The van der Waals surface area contributed by atoms with Crippen molar-refractivity contribution in [2.24, 2.45) is 0 Å². The Morgan fingerprint density at radius 2 is 1.64 bits per heavy atom. The summed E-state index contributed by atoms with van der Waals surface area (Å²) >= 11 is 0. The van der Waals surface area contributed by atoms with Crippen molar-refractivity contribution in [3.8, 4) is 11.4 Å². The number of hydrogen-bond acceptors (Lipinski definition) is 5. The lowest BCUT2D eigenvalue weighted by Crippen LogP contribution is -2.29. The first-order valence-corrected chi connectivity index (χ1v) is 10.5. The van der Waals surface area contributed by atoms with Gasteiger partial charge in [-0.05, 0) is 42.6 Å². The van der Waals surface area contributed by atoms with Crippen molar-refractivity contribution >= 4 is 39.3 Å². The summed E-state index contributed by atoms with van der Waals surface area (Å²) < 4.78 is 6.92. The van der Waals surface area contributed by atoms with E-state index >= 15 is 0 Å². The van der Waals surface area contributed by atoms with E-state index in [1.165, 1.54) is 11.1 Å². The highest BCUT2D eigenvalue weighted by atomic mass is 16.5. The molecule has 0 radical (unpaired) electrons. The lowest BCUT2D eigenvalue weighted by Gasteiger charge is -2.16. The molecular formula is C26H18N4O3. The molecule has 7 heteroatoms. The third-order valence-electron chi connectivity index (χ3n) is 6.05. The zero-order valence-corrected chi connectivity index (χ0v) is 17.9. The Balaban J connectivity index is 1.54. The summed E-state index contributed by atoms with van der Waals surface area (Å²) in [7, 11) is 1.61. The normalized spacial score (nSPS) is 13.2. The van der Waals surface area contributed by atoms with E-state index in [1.54, 1.807) is 17.9 Å². The molecular weight excluding hydrogens is 416 g/mol. The first-order chi connectivity index (χ1) is 16.1. The molecule has 0 atom stereocenters. The van der Waals surface area contributed by atoms with Crippen LogP contribution in [0.3, 0.4) is 0 Å². The molecule has 6 rings (SSSR count). The van der Waals surface area contributed by atoms with Gasteiger partial charge in [0.2, 0.25) is 0 Å². The molecule has 0 unspecified atom stereocenters. The van der Waals surface area contributed by atoms with Gasteiger partial charge in [-0.25, -0.2) is 14.6 Å². The summed E-state index contributed by atoms with van der Waals surface area (Å²) in [5, 5.41) is 7.01. The fraction of sp³-hybridized carbons (Fsp3) is 0.0769. The number of hydrogen-bond donors (Lipinski definition) is 0. The van der Waals surface area contributed by atoms with Crippen molar-refractivity contribution in [1.82, 2.24) is 14.8 Å². The lowest BCUT2D eigenvalue weighted by molar-refractivity contribution is 0.0927. The molecule has 5 aromatic rings. The van der Waals surface area contributed by atoms with E-state index in [0.29, 0.717) is 28.0 Å². The molecule has 1 aliphatic rings. The highest BCUT2D eigenvalue weighted by molar-refractivity contribution is 6.38. The van der Waals surface area contributed by atoms with Crippen molar-refractivity contribution in [2.45, 2.75) is 6.92 Å². The lowest BCUT2D eigenvalue weighted by atomic mass is 10.1. The number of ether oxygens (including phenoxy) is 1. The van der Waals surface area contributed by atoms with E-state index in [0.717, 1.165) is 22.2 Å². The fourth-order valence-corrected chi connectivity index (χ4v) is 4.49. The number of carbonyl (C=O) groups is 2. The second kappa shape index (κ2) is 7.00. The minimum Gasteiger partial charge on any atom is -0.497 e. The number of anilines is 1. The standard InChI is InChI=1S/C26H18N4O3/c1-15-22-23-20(14-27-24(22)30(28-15)17-10-12-18(33-2)13-11-17)25(31)29(26(23)32)21-9-5-7-16-6-3-4-8-19(16)21/h3-14H,1-2H3. The van der Waals surface area contributed by atoms with Crippen molar-refractivity contribution in [3.05, 3.63) is 89.7 Å². The largest absolute Gasteiger partial charge is 0.497 e. The van der Waals surface area contributed by atoms with E-state index in [1.807, 2.05) is 67.6 Å². The third-order valence-corrected chi connectivity index (χ3v) is 6.05. The van der Waals surface area contributed by atoms with Crippen LogP contribution in [0.4, 0.5) is 5.69 Å². The Morgan fingerprint density at radius 1 is 0.879 bits per heavy atom. The first kappa shape index (κ1) is 19.2. The van der Waals surface area contributed by atoms with Crippen molar-refractivity contribution in [3.63, 3.8) is 0 Å². The smallest absolute Gasteiger partial charge is 0.267 e. The van der Waals surface area contributed by atoms with Crippen LogP contribution < -0.4 is 9.64 Å². The Kier molecular flexibility index (Phi) is 4.07. The minimum absolute atomic E-state index is 0.290. The average molecular weight is 434 g/mol. The molecule has 2 amide bonds. The van der Waals surface area contributed by atoms with E-state index in [9.17, 15) is 9.59 Å². The maximum atomic E-state index is 13.7. The van der Waals surface area contributed by atoms with Crippen molar-refractivity contribution in [1.29, 1.82) is 0 Å². The van der Waals surface area contributed by atoms with E-state index in [2.05, 4.69) is 10.1 Å². The van der Waals surface area contributed by atoms with Crippen LogP contribution in [0.25, 0.3) is 27.5 Å². The van der Waals surface area contributed by atoms with E-state index in [4.69, 9.17) is 4.74 Å². The van der Waals surface area contributed by atoms with Gasteiger partial charge in [0, 0.05) is 11.6 Å². The second-order valence-electron chi connectivity index (χ2n) is 7.88. The summed E-state index contributed by atoms with van der Waals surface area (Å²) in [6.45, 7) is 1.82. The van der Waals surface area contributed by atoms with Gasteiger partial charge in [-0.2, -0.15) is 5.10 Å². The van der Waals surface area contributed by atoms with Crippen LogP contribution in [-0.2, 0) is 0 Å². The highest BCUT2D eigenvalue weighted by Gasteiger charge is 2.40. The molecule has 0 saturated heterocycles. The number of aryl methyl sites for hydroxylation is 1. The van der Waals surface area contributed by atoms with Gasteiger partial charge < -0.3 is 4.74 Å². The van der Waals surface area contributed by atoms with Crippen LogP contribution in [0.5, 0.6) is 5.75 Å². The second-order valence-corrected chi connectivity index (χ2v) is 7.88. The van der Waals surface area contributed by atoms with Crippen LogP contribution >= 0.6 is 0 Å². The average Bonchev–Trinajstić information content (AvgIpc) is 3.32. The molecule has 3 heterocycles. The predicted molar refractivity (Wildman–Crippen MR) is 125 cm³/mol. The monoisotopic (exact) mass is 434 g/mol. The molecule has 0 bridgehead atoms. The van der Waals surface area contributed by atoms with Gasteiger partial charge in [0.1, 0.15) is 5.75 Å². The minimum atomic E-state index is -0.377. The summed E-state index contributed by atoms with van der Waals surface area (Å²) in [4.78, 5) is 32.8. The van der Waals surface area contributed by atoms with Gasteiger partial charge in [0.25, 0.3) is 11.8 Å². The molecule has 1 aliphatic heterocycles. The van der Waals surface area contributed by atoms with Crippen molar-refractivity contribution < 1.29 is 14.3 Å². The molecule has 0 spiro atoms. The molecule has 0 N–H and O–H groups in total. The SMILES string of the molecule is COc1ccc(-n2nc(C)c3c4c(cnc32)C(=O)N(c2cccc3ccccc23)C4=O)cc1. The first-order valence-electron chi connectivity index (χ1n) is 10.5. The molecule has 7 nitrogen and oxygen atoms in total. The van der Waals surface area contributed by atoms with Crippen LogP contribution in [-0.4, -0.2) is 33.7 Å². The van der Waals surface area contributed by atoms with Crippen LogP contribution in [0.2, 0.25) is 0 Å². The van der Waals surface area contributed by atoms with E-state index in [-0.39, 0.29) is 17.4 Å². The van der Waals surface area contributed by atoms with Gasteiger partial charge in [-0.3, -0.25) is 9.59 Å². The van der Waals surface area contributed by atoms with Gasteiger partial charge in [0.05, 0.1) is 40.7 Å². The topological polar surface area (TPSA) is 77.3 Å². The molecule has 33 heavy (non-hydrogen) atoms. The van der Waals surface area contributed by atoms with Crippen LogP contribution in [0.1, 0.15) is 26.4 Å². The van der Waals surface area contributed by atoms with Crippen LogP contribution in [0, 0.1) is 6.92 Å². The van der Waals surface area contributed by atoms with Gasteiger partial charge in [0.15, 0.2) is 5.65 Å². The predicted octanol–water partition coefficient (Wildman–Crippen LogP) is 4.69. The number of fused-ring (bicyclic) bond motifs is 4. The Labute approximate surface area is 188 Å². The Hall–Kier alpha value is -4.52. The number of aromatic nitrogens is 3. The van der Waals surface area contributed by atoms with Crippen LogP contribution in [0.15, 0.2) is 72.9 Å². The maximum Gasteiger partial charge on any atom is 0.267 e. The van der Waals surface area contributed by atoms with Crippen molar-refractivity contribution in [2.75, 3.05) is 12.0 Å². The summed E-state index contributed by atoms with van der Waals surface area (Å²) in [5.41, 5.74) is 3.13. The van der Waals surface area contributed by atoms with Gasteiger partial charge in [-0.15, -0.1) is 0 Å². The summed E-state index contributed by atoms with van der Waals surface area (Å²) in [6, 6.07) is 20.7. The number of nitrogens with zero attached hydrogens (tertiary/aromatic N) is 4. The number of rotatable bonds is 3. The quantitative estimate of drug-likeness (QED) is 0.385. The molecule has 3 aromatic carbocycles. The van der Waals surface area contributed by atoms with Gasteiger partial charge in [-0.1, -0.05) is 36.4 Å². The fourth-order valence-electron chi connectivity index (χ4n) is 4.49. The Bertz CT molecular complexity index is 1600. The molecule has 2 aromatic heterocycles. The molecule has 0 saturated carbocycles. The number of benzene rings is 3. The molecule has 0 fully saturated rings. The maximum absolute atomic E-state index is 13.7. The highest BCUT2D eigenvalue weighted by Crippen LogP contribution is 2.37. The number of imide groups is 1. The zero-order chi connectivity index (χ0) is 22.7. The molecule has 160 valence electrons. The number of carbonyl (C=O) groups excluding carboxylic acids is 2. The number of amides is 2. The summed E-state index contributed by atoms with van der Waals surface area (Å²) in [5.74, 6) is -0.0132. The summed E-state index contributed by atoms with van der Waals surface area (Å²) in [6.07, 6.45) is 1.48. The zero-order valence-electron chi connectivity index (χ0n) is 17.9. The number of pyridine rings is 1.